The Bertz CT molecular complexity index is 368. The van der Waals surface area contributed by atoms with Crippen LogP contribution in [0, 0.1) is 0 Å². The molecule has 16 heavy (non-hydrogen) atoms. The molecule has 3 rings (SSSR count). The van der Waals surface area contributed by atoms with E-state index in [1.165, 1.54) is 19.4 Å². The molecular formula is C11H17N3OS. The first kappa shape index (κ1) is 10.7. The lowest BCUT2D eigenvalue weighted by atomic mass is 10.2. The average molecular weight is 239 g/mol. The number of nitrogens with zero attached hydrogens (tertiary/aromatic N) is 2. The molecule has 2 atom stereocenters. The monoisotopic (exact) mass is 239 g/mol. The summed E-state index contributed by atoms with van der Waals surface area (Å²) in [6.07, 6.45) is 4.64. The molecule has 0 amide bonds. The highest BCUT2D eigenvalue weighted by Gasteiger charge is 2.33. The van der Waals surface area contributed by atoms with Gasteiger partial charge in [-0.25, -0.2) is 4.98 Å². The molecule has 2 unspecified atom stereocenters. The maximum atomic E-state index is 5.90. The summed E-state index contributed by atoms with van der Waals surface area (Å²) >= 11 is 1.69. The summed E-state index contributed by atoms with van der Waals surface area (Å²) < 4.78 is 5.90. The van der Waals surface area contributed by atoms with E-state index in [4.69, 9.17) is 10.5 Å². The molecule has 2 saturated heterocycles. The van der Waals surface area contributed by atoms with Crippen molar-refractivity contribution >= 4 is 11.3 Å². The van der Waals surface area contributed by atoms with E-state index >= 15 is 0 Å². The molecule has 2 N–H and O–H groups in total. The summed E-state index contributed by atoms with van der Waals surface area (Å²) in [7, 11) is 0. The van der Waals surface area contributed by atoms with E-state index in [1.54, 1.807) is 11.3 Å². The zero-order chi connectivity index (χ0) is 11.0. The zero-order valence-electron chi connectivity index (χ0n) is 9.26. The summed E-state index contributed by atoms with van der Waals surface area (Å²) in [5.41, 5.74) is 5.60. The number of hydrogen-bond donors (Lipinski definition) is 1. The SMILES string of the molecule is NCc1cnc(C2CN3CCCC3CO2)s1. The Morgan fingerprint density at radius 2 is 2.56 bits per heavy atom. The van der Waals surface area contributed by atoms with Crippen LogP contribution in [0.1, 0.15) is 28.8 Å². The number of fused-ring (bicyclic) bond motifs is 1. The Balaban J connectivity index is 1.71. The highest BCUT2D eigenvalue weighted by atomic mass is 32.1. The maximum Gasteiger partial charge on any atom is 0.123 e. The van der Waals surface area contributed by atoms with Gasteiger partial charge in [-0.2, -0.15) is 0 Å². The fourth-order valence-electron chi connectivity index (χ4n) is 2.53. The lowest BCUT2D eigenvalue weighted by molar-refractivity contribution is -0.0502. The molecule has 2 aliphatic heterocycles. The van der Waals surface area contributed by atoms with Gasteiger partial charge in [0, 0.05) is 30.2 Å². The first-order valence-corrected chi connectivity index (χ1v) is 6.69. The highest BCUT2D eigenvalue weighted by molar-refractivity contribution is 7.11. The lowest BCUT2D eigenvalue weighted by Gasteiger charge is -2.34. The molecule has 0 spiro atoms. The lowest BCUT2D eigenvalue weighted by Crippen LogP contribution is -2.42. The Labute approximate surface area is 99.4 Å². The van der Waals surface area contributed by atoms with E-state index in [-0.39, 0.29) is 6.10 Å². The summed E-state index contributed by atoms with van der Waals surface area (Å²) in [5, 5.41) is 1.09. The Morgan fingerprint density at radius 1 is 1.62 bits per heavy atom. The van der Waals surface area contributed by atoms with Gasteiger partial charge in [0.1, 0.15) is 11.1 Å². The van der Waals surface area contributed by atoms with Gasteiger partial charge in [0.2, 0.25) is 0 Å². The number of ether oxygens (including phenoxy) is 1. The second-order valence-electron chi connectivity index (χ2n) is 4.48. The van der Waals surface area contributed by atoms with E-state index < -0.39 is 0 Å². The van der Waals surface area contributed by atoms with Crippen LogP contribution in [0.3, 0.4) is 0 Å². The van der Waals surface area contributed by atoms with Crippen LogP contribution >= 0.6 is 11.3 Å². The van der Waals surface area contributed by atoms with E-state index in [1.807, 2.05) is 6.20 Å². The van der Waals surface area contributed by atoms with Gasteiger partial charge in [-0.1, -0.05) is 0 Å². The van der Waals surface area contributed by atoms with Crippen molar-refractivity contribution in [3.63, 3.8) is 0 Å². The standard InChI is InChI=1S/C11H17N3OS/c12-4-9-5-13-11(16-9)10-6-14-3-1-2-8(14)7-15-10/h5,8,10H,1-4,6-7,12H2. The Morgan fingerprint density at radius 3 is 3.38 bits per heavy atom. The average Bonchev–Trinajstić information content (AvgIpc) is 2.96. The molecule has 0 radical (unpaired) electrons. The van der Waals surface area contributed by atoms with Crippen molar-refractivity contribution in [2.24, 2.45) is 5.73 Å². The molecule has 1 aromatic rings. The number of hydrogen-bond acceptors (Lipinski definition) is 5. The molecule has 5 heteroatoms. The van der Waals surface area contributed by atoms with Gasteiger partial charge in [-0.05, 0) is 19.4 Å². The predicted octanol–water partition coefficient (Wildman–Crippen LogP) is 1.14. The zero-order valence-corrected chi connectivity index (χ0v) is 10.1. The second-order valence-corrected chi connectivity index (χ2v) is 5.63. The van der Waals surface area contributed by atoms with Crippen LogP contribution < -0.4 is 5.73 Å². The number of rotatable bonds is 2. The van der Waals surface area contributed by atoms with Gasteiger partial charge in [-0.3, -0.25) is 4.90 Å². The maximum absolute atomic E-state index is 5.90. The fourth-order valence-corrected chi connectivity index (χ4v) is 3.37. The van der Waals surface area contributed by atoms with Crippen molar-refractivity contribution in [3.05, 3.63) is 16.1 Å². The number of nitrogens with two attached hydrogens (primary N) is 1. The Hall–Kier alpha value is -0.490. The van der Waals surface area contributed by atoms with Crippen LogP contribution in [0.2, 0.25) is 0 Å². The fraction of sp³-hybridized carbons (Fsp3) is 0.727. The van der Waals surface area contributed by atoms with Crippen LogP contribution in [-0.4, -0.2) is 35.6 Å². The third-order valence-electron chi connectivity index (χ3n) is 3.44. The van der Waals surface area contributed by atoms with Crippen molar-refractivity contribution in [1.82, 2.24) is 9.88 Å². The van der Waals surface area contributed by atoms with Crippen LogP contribution in [0.25, 0.3) is 0 Å². The molecule has 0 aliphatic carbocycles. The van der Waals surface area contributed by atoms with Crippen molar-refractivity contribution in [2.75, 3.05) is 19.7 Å². The molecule has 0 aromatic carbocycles. The summed E-state index contributed by atoms with van der Waals surface area (Å²) in [4.78, 5) is 8.09. The number of morpholine rings is 1. The molecule has 3 heterocycles. The minimum Gasteiger partial charge on any atom is -0.368 e. The third-order valence-corrected chi connectivity index (χ3v) is 4.55. The predicted molar refractivity (Wildman–Crippen MR) is 63.3 cm³/mol. The van der Waals surface area contributed by atoms with E-state index in [2.05, 4.69) is 9.88 Å². The van der Waals surface area contributed by atoms with Crippen LogP contribution in [0.15, 0.2) is 6.20 Å². The van der Waals surface area contributed by atoms with Crippen molar-refractivity contribution < 1.29 is 4.74 Å². The molecule has 2 fully saturated rings. The van der Waals surface area contributed by atoms with Crippen LogP contribution in [-0.2, 0) is 11.3 Å². The van der Waals surface area contributed by atoms with Crippen LogP contribution in [0.4, 0.5) is 0 Å². The van der Waals surface area contributed by atoms with Gasteiger partial charge in [-0.15, -0.1) is 11.3 Å². The summed E-state index contributed by atoms with van der Waals surface area (Å²) in [6.45, 7) is 3.67. The van der Waals surface area contributed by atoms with Gasteiger partial charge in [0.15, 0.2) is 0 Å². The normalized spacial score (nSPS) is 30.6. The number of aromatic nitrogens is 1. The third kappa shape index (κ3) is 1.88. The van der Waals surface area contributed by atoms with E-state index in [0.717, 1.165) is 23.0 Å². The van der Waals surface area contributed by atoms with E-state index in [0.29, 0.717) is 12.6 Å². The molecule has 2 aliphatic rings. The van der Waals surface area contributed by atoms with Crippen LogP contribution in [0.5, 0.6) is 0 Å². The topological polar surface area (TPSA) is 51.4 Å². The first-order valence-electron chi connectivity index (χ1n) is 5.87. The van der Waals surface area contributed by atoms with Gasteiger partial charge >= 0.3 is 0 Å². The number of thiazole rings is 1. The highest BCUT2D eigenvalue weighted by Crippen LogP contribution is 2.31. The largest absolute Gasteiger partial charge is 0.368 e. The summed E-state index contributed by atoms with van der Waals surface area (Å²) in [5.74, 6) is 0. The smallest absolute Gasteiger partial charge is 0.123 e. The van der Waals surface area contributed by atoms with Crippen molar-refractivity contribution in [1.29, 1.82) is 0 Å². The first-order chi connectivity index (χ1) is 7.86. The minimum atomic E-state index is 0.166. The van der Waals surface area contributed by atoms with Crippen molar-refractivity contribution in [3.8, 4) is 0 Å². The van der Waals surface area contributed by atoms with Gasteiger partial charge < -0.3 is 10.5 Å². The molecule has 0 bridgehead atoms. The molecule has 4 nitrogen and oxygen atoms in total. The van der Waals surface area contributed by atoms with Crippen molar-refractivity contribution in [2.45, 2.75) is 31.5 Å². The van der Waals surface area contributed by atoms with Gasteiger partial charge in [0.05, 0.1) is 6.61 Å². The molecular weight excluding hydrogens is 222 g/mol. The quantitative estimate of drug-likeness (QED) is 0.841. The minimum absolute atomic E-state index is 0.166. The molecule has 0 saturated carbocycles. The molecule has 1 aromatic heterocycles. The molecule has 88 valence electrons. The Kier molecular flexibility index (Phi) is 2.93. The second kappa shape index (κ2) is 4.41. The van der Waals surface area contributed by atoms with Gasteiger partial charge in [0.25, 0.3) is 0 Å². The summed E-state index contributed by atoms with van der Waals surface area (Å²) in [6, 6.07) is 0.658. The van der Waals surface area contributed by atoms with E-state index in [9.17, 15) is 0 Å².